The molecule has 3 aromatic rings. The van der Waals surface area contributed by atoms with Gasteiger partial charge in [-0.25, -0.2) is 0 Å². The van der Waals surface area contributed by atoms with E-state index in [0.29, 0.717) is 18.4 Å². The van der Waals surface area contributed by atoms with Gasteiger partial charge in [-0.2, -0.15) is 0 Å². The number of hydrogen-bond acceptors (Lipinski definition) is 3. The van der Waals surface area contributed by atoms with Crippen LogP contribution in [0.2, 0.25) is 0 Å². The summed E-state index contributed by atoms with van der Waals surface area (Å²) in [5.74, 6) is 0.113. The normalized spacial score (nSPS) is 20.5. The lowest BCUT2D eigenvalue weighted by Gasteiger charge is -2.37. The van der Waals surface area contributed by atoms with Gasteiger partial charge in [0.2, 0.25) is 0 Å². The summed E-state index contributed by atoms with van der Waals surface area (Å²) in [6.45, 7) is 3.01. The lowest BCUT2D eigenvalue weighted by molar-refractivity contribution is 0.0228. The minimum atomic E-state index is -0.270. The van der Waals surface area contributed by atoms with Gasteiger partial charge in [-0.3, -0.25) is 9.78 Å². The van der Waals surface area contributed by atoms with Crippen LogP contribution in [0.1, 0.15) is 41.9 Å². The van der Waals surface area contributed by atoms with Crippen LogP contribution < -0.4 is 5.32 Å². The molecule has 5 heteroatoms. The molecular weight excluding hydrogens is 326 g/mol. The first-order valence-electron chi connectivity index (χ1n) is 9.14. The second-order valence-electron chi connectivity index (χ2n) is 6.97. The number of aliphatic hydroxyl groups is 1. The number of pyridine rings is 1. The van der Waals surface area contributed by atoms with Gasteiger partial charge in [0.1, 0.15) is 0 Å². The van der Waals surface area contributed by atoms with Crippen molar-refractivity contribution >= 4 is 16.8 Å². The Labute approximate surface area is 152 Å². The topological polar surface area (TPSA) is 67.2 Å². The van der Waals surface area contributed by atoms with Crippen molar-refractivity contribution in [1.82, 2.24) is 14.9 Å². The third-order valence-electron chi connectivity index (χ3n) is 5.29. The van der Waals surface area contributed by atoms with Crippen LogP contribution in [0.3, 0.4) is 0 Å². The summed E-state index contributed by atoms with van der Waals surface area (Å²) in [5, 5.41) is 13.9. The highest BCUT2D eigenvalue weighted by molar-refractivity contribution is 5.98. The molecule has 1 unspecified atom stereocenters. The summed E-state index contributed by atoms with van der Waals surface area (Å²) in [6, 6.07) is 13.4. The van der Waals surface area contributed by atoms with Crippen molar-refractivity contribution in [2.24, 2.45) is 5.92 Å². The van der Waals surface area contributed by atoms with Crippen LogP contribution in [0, 0.1) is 5.92 Å². The maximum absolute atomic E-state index is 12.9. The number of aromatic nitrogens is 2. The van der Waals surface area contributed by atoms with Gasteiger partial charge >= 0.3 is 0 Å². The van der Waals surface area contributed by atoms with Crippen molar-refractivity contribution in [3.8, 4) is 0 Å². The number of carbonyl (C=O) groups is 1. The molecule has 2 aromatic heterocycles. The van der Waals surface area contributed by atoms with E-state index in [1.54, 1.807) is 6.20 Å². The van der Waals surface area contributed by atoms with E-state index in [-0.39, 0.29) is 24.0 Å². The highest BCUT2D eigenvalue weighted by Gasteiger charge is 2.36. The molecule has 1 atom stereocenters. The maximum atomic E-state index is 12.9. The van der Waals surface area contributed by atoms with Gasteiger partial charge < -0.3 is 15.0 Å². The Hall–Kier alpha value is -2.66. The zero-order chi connectivity index (χ0) is 18.1. The average molecular weight is 349 g/mol. The van der Waals surface area contributed by atoms with Crippen LogP contribution in [0.15, 0.2) is 54.9 Å². The second kappa shape index (κ2) is 6.92. The first-order chi connectivity index (χ1) is 12.7. The van der Waals surface area contributed by atoms with Gasteiger partial charge in [-0.1, -0.05) is 6.07 Å². The molecule has 0 radical (unpaired) electrons. The summed E-state index contributed by atoms with van der Waals surface area (Å²) in [7, 11) is 0. The Bertz CT molecular complexity index is 913. The number of carbonyl (C=O) groups excluding carboxylic acids is 1. The second-order valence-corrected chi connectivity index (χ2v) is 6.97. The van der Waals surface area contributed by atoms with E-state index < -0.39 is 0 Å². The van der Waals surface area contributed by atoms with Gasteiger partial charge in [0.05, 0.1) is 17.8 Å². The molecule has 1 aliphatic carbocycles. The number of amides is 1. The number of aryl methyl sites for hydroxylation is 1. The Morgan fingerprint density at radius 1 is 1.31 bits per heavy atom. The Morgan fingerprint density at radius 2 is 2.15 bits per heavy atom. The highest BCUT2D eigenvalue weighted by Crippen LogP contribution is 2.37. The summed E-state index contributed by atoms with van der Waals surface area (Å²) >= 11 is 0. The predicted molar refractivity (Wildman–Crippen MR) is 101 cm³/mol. The van der Waals surface area contributed by atoms with Crippen molar-refractivity contribution in [2.75, 3.05) is 0 Å². The quantitative estimate of drug-likeness (QED) is 0.743. The van der Waals surface area contributed by atoms with Crippen molar-refractivity contribution in [2.45, 2.75) is 38.5 Å². The van der Waals surface area contributed by atoms with Gasteiger partial charge in [0.25, 0.3) is 5.91 Å². The number of nitrogens with zero attached hydrogens (tertiary/aromatic N) is 2. The number of benzene rings is 1. The fourth-order valence-corrected chi connectivity index (χ4v) is 3.74. The maximum Gasteiger partial charge on any atom is 0.251 e. The van der Waals surface area contributed by atoms with Crippen LogP contribution >= 0.6 is 0 Å². The lowest BCUT2D eigenvalue weighted by Crippen LogP contribution is -2.41. The molecule has 4 rings (SSSR count). The number of fused-ring (bicyclic) bond motifs is 1. The summed E-state index contributed by atoms with van der Waals surface area (Å²) in [5.41, 5.74) is 2.62. The van der Waals surface area contributed by atoms with E-state index in [1.165, 1.54) is 0 Å². The van der Waals surface area contributed by atoms with Crippen molar-refractivity contribution in [3.63, 3.8) is 0 Å². The molecule has 0 bridgehead atoms. The Kier molecular flexibility index (Phi) is 4.47. The zero-order valence-corrected chi connectivity index (χ0v) is 14.8. The summed E-state index contributed by atoms with van der Waals surface area (Å²) in [4.78, 5) is 17.3. The van der Waals surface area contributed by atoms with E-state index in [0.717, 1.165) is 23.1 Å². The third-order valence-corrected chi connectivity index (χ3v) is 5.29. The van der Waals surface area contributed by atoms with Gasteiger partial charge in [0, 0.05) is 35.4 Å². The third kappa shape index (κ3) is 3.10. The molecular formula is C21H23N3O2. The minimum absolute atomic E-state index is 0.104. The van der Waals surface area contributed by atoms with E-state index in [1.807, 2.05) is 48.7 Å². The molecule has 0 saturated heterocycles. The van der Waals surface area contributed by atoms with Crippen LogP contribution in [-0.4, -0.2) is 26.7 Å². The molecule has 26 heavy (non-hydrogen) atoms. The largest absolute Gasteiger partial charge is 0.393 e. The summed E-state index contributed by atoms with van der Waals surface area (Å²) < 4.78 is 2.16. The molecule has 1 aromatic carbocycles. The van der Waals surface area contributed by atoms with E-state index in [2.05, 4.69) is 21.8 Å². The van der Waals surface area contributed by atoms with E-state index >= 15 is 0 Å². The number of rotatable bonds is 5. The number of nitrogens with one attached hydrogen (secondary N) is 1. The first kappa shape index (κ1) is 16.8. The first-order valence-corrected chi connectivity index (χ1v) is 9.14. The van der Waals surface area contributed by atoms with Crippen molar-refractivity contribution in [3.05, 3.63) is 66.1 Å². The molecule has 1 saturated carbocycles. The average Bonchev–Trinajstić information content (AvgIpc) is 3.06. The lowest BCUT2D eigenvalue weighted by atomic mass is 9.76. The highest BCUT2D eigenvalue weighted by atomic mass is 16.3. The molecule has 5 nitrogen and oxygen atoms in total. The smallest absolute Gasteiger partial charge is 0.251 e. The van der Waals surface area contributed by atoms with Crippen LogP contribution in [0.5, 0.6) is 0 Å². The monoisotopic (exact) mass is 349 g/mol. The van der Waals surface area contributed by atoms with Crippen LogP contribution in [0.25, 0.3) is 10.9 Å². The van der Waals surface area contributed by atoms with Gasteiger partial charge in [-0.15, -0.1) is 0 Å². The Morgan fingerprint density at radius 3 is 2.85 bits per heavy atom. The summed E-state index contributed by atoms with van der Waals surface area (Å²) in [6.07, 6.45) is 4.90. The van der Waals surface area contributed by atoms with Crippen LogP contribution in [-0.2, 0) is 6.54 Å². The van der Waals surface area contributed by atoms with E-state index in [4.69, 9.17) is 0 Å². The Balaban J connectivity index is 1.58. The molecule has 1 aliphatic rings. The minimum Gasteiger partial charge on any atom is -0.393 e. The fourth-order valence-electron chi connectivity index (χ4n) is 3.74. The van der Waals surface area contributed by atoms with Crippen LogP contribution in [0.4, 0.5) is 0 Å². The van der Waals surface area contributed by atoms with Gasteiger partial charge in [0.15, 0.2) is 0 Å². The zero-order valence-electron chi connectivity index (χ0n) is 14.8. The molecule has 0 spiro atoms. The SMILES string of the molecule is CCn1ccc2cc(C(=O)NC(c3ccccn3)C3CC(O)C3)ccc21. The molecule has 134 valence electrons. The molecule has 0 aliphatic heterocycles. The van der Waals surface area contributed by atoms with E-state index in [9.17, 15) is 9.90 Å². The fraction of sp³-hybridized carbons (Fsp3) is 0.333. The van der Waals surface area contributed by atoms with Crippen molar-refractivity contribution < 1.29 is 9.90 Å². The number of aliphatic hydroxyl groups excluding tert-OH is 1. The molecule has 2 heterocycles. The predicted octanol–water partition coefficient (Wildman–Crippen LogP) is 3.30. The van der Waals surface area contributed by atoms with Crippen molar-refractivity contribution in [1.29, 1.82) is 0 Å². The standard InChI is InChI=1S/C21H23N3O2/c1-2-24-10-8-14-11-15(6-7-19(14)24)21(26)23-20(16-12-17(25)13-16)18-5-3-4-9-22-18/h3-11,16-17,20,25H,2,12-13H2,1H3,(H,23,26). The van der Waals surface area contributed by atoms with Gasteiger partial charge in [-0.05, 0) is 62.1 Å². The number of hydrogen-bond donors (Lipinski definition) is 2. The molecule has 2 N–H and O–H groups in total. The molecule has 1 fully saturated rings. The molecule has 1 amide bonds.